The number of nitrogens with zero attached hydrogens (tertiary/aromatic N) is 1. The number of aromatic nitrogens is 2. The normalized spacial score (nSPS) is 30.7. The summed E-state index contributed by atoms with van der Waals surface area (Å²) in [5.41, 5.74) is -1.41. The molecule has 0 radical (unpaired) electrons. The van der Waals surface area contributed by atoms with Crippen molar-refractivity contribution in [3.05, 3.63) is 63.4 Å². The lowest BCUT2D eigenvalue weighted by Gasteiger charge is -2.28. The molecule has 0 bridgehead atoms. The second-order valence-electron chi connectivity index (χ2n) is 7.29. The third-order valence-corrected chi connectivity index (χ3v) is 5.39. The summed E-state index contributed by atoms with van der Waals surface area (Å²) < 4.78 is 55.9. The maximum absolute atomic E-state index is 15.7. The van der Waals surface area contributed by atoms with Crippen LogP contribution in [0.2, 0.25) is 0 Å². The predicted octanol–water partition coefficient (Wildman–Crippen LogP) is 1.74. The highest BCUT2D eigenvalue weighted by Crippen LogP contribution is 2.49. The molecule has 2 aromatic rings. The predicted molar refractivity (Wildman–Crippen MR) is 101 cm³/mol. The largest absolute Gasteiger partial charge is 0.426 e. The molecule has 30 heavy (non-hydrogen) atoms. The van der Waals surface area contributed by atoms with Crippen molar-refractivity contribution in [3.63, 3.8) is 0 Å². The molecule has 2 aliphatic rings. The van der Waals surface area contributed by atoms with E-state index in [0.29, 0.717) is 5.75 Å². The van der Waals surface area contributed by atoms with Gasteiger partial charge in [-0.1, -0.05) is 18.2 Å². The molecular formula is C18H20FN2O8P. The maximum Gasteiger partial charge on any atom is 0.368 e. The maximum atomic E-state index is 15.7. The number of hydrogen-bond acceptors (Lipinski definition) is 8. The number of halogens is 1. The summed E-state index contributed by atoms with van der Waals surface area (Å²) >= 11 is 0. The summed E-state index contributed by atoms with van der Waals surface area (Å²) in [6.45, 7) is 2.38. The third kappa shape index (κ3) is 4.12. The number of ether oxygens (including phenoxy) is 3. The smallest absolute Gasteiger partial charge is 0.368 e. The van der Waals surface area contributed by atoms with Gasteiger partial charge in [-0.25, -0.2) is 13.8 Å². The second-order valence-corrected chi connectivity index (χ2v) is 8.28. The number of fused-ring (bicyclic) bond motifs is 1. The van der Waals surface area contributed by atoms with E-state index < -0.39 is 56.2 Å². The number of H-pyrrole nitrogens is 1. The zero-order chi connectivity index (χ0) is 21.5. The number of nitrogens with one attached hydrogen (secondary N) is 1. The van der Waals surface area contributed by atoms with Gasteiger partial charge in [0.15, 0.2) is 18.1 Å². The van der Waals surface area contributed by atoms with E-state index >= 15 is 4.39 Å². The number of aromatic amines is 1. The minimum absolute atomic E-state index is 0.304. The highest BCUT2D eigenvalue weighted by Gasteiger charge is 2.65. The molecule has 5 atom stereocenters. The van der Waals surface area contributed by atoms with E-state index in [0.717, 1.165) is 10.6 Å². The van der Waals surface area contributed by atoms with Gasteiger partial charge < -0.3 is 18.7 Å². The first-order valence-corrected chi connectivity index (χ1v) is 10.3. The molecule has 1 aromatic carbocycles. The molecule has 0 spiro atoms. The SMILES string of the molecule is CC1(C)OC2C(O1)[C@@](F)(CO[PH](=O)Oc1ccccc1)O[C@H]2n1ccc(=O)[nH]c1=O. The summed E-state index contributed by atoms with van der Waals surface area (Å²) in [4.78, 5) is 25.6. The molecule has 3 heterocycles. The molecule has 0 amide bonds. The number of alkyl halides is 1. The number of rotatable bonds is 6. The zero-order valence-corrected chi connectivity index (χ0v) is 17.1. The number of hydrogen-bond donors (Lipinski definition) is 1. The van der Waals surface area contributed by atoms with Gasteiger partial charge in [0.25, 0.3) is 11.4 Å². The first-order chi connectivity index (χ1) is 14.2. The quantitative estimate of drug-likeness (QED) is 0.673. The van der Waals surface area contributed by atoms with Gasteiger partial charge in [-0.15, -0.1) is 0 Å². The van der Waals surface area contributed by atoms with Crippen molar-refractivity contribution < 1.29 is 32.2 Å². The van der Waals surface area contributed by atoms with Crippen LogP contribution in [-0.4, -0.2) is 40.0 Å². The topological polar surface area (TPSA) is 118 Å². The van der Waals surface area contributed by atoms with Crippen LogP contribution in [0.3, 0.4) is 0 Å². The molecule has 3 unspecified atom stereocenters. The van der Waals surface area contributed by atoms with E-state index in [4.69, 9.17) is 23.3 Å². The van der Waals surface area contributed by atoms with Crippen LogP contribution in [0.1, 0.15) is 20.1 Å². The fraction of sp³-hybridized carbons (Fsp3) is 0.444. The summed E-state index contributed by atoms with van der Waals surface area (Å²) in [6, 6.07) is 9.38. The minimum atomic E-state index is -3.10. The summed E-state index contributed by atoms with van der Waals surface area (Å²) in [7, 11) is -3.10. The van der Waals surface area contributed by atoms with Gasteiger partial charge in [0.05, 0.1) is 0 Å². The lowest BCUT2D eigenvalue weighted by atomic mass is 10.1. The molecule has 162 valence electrons. The molecule has 2 saturated heterocycles. The van der Waals surface area contributed by atoms with Gasteiger partial charge in [-0.3, -0.25) is 18.9 Å². The van der Waals surface area contributed by atoms with Crippen LogP contribution in [0, 0.1) is 0 Å². The average molecular weight is 442 g/mol. The molecule has 1 N–H and O–H groups in total. The van der Waals surface area contributed by atoms with E-state index in [9.17, 15) is 14.2 Å². The molecular weight excluding hydrogens is 422 g/mol. The third-order valence-electron chi connectivity index (χ3n) is 4.61. The van der Waals surface area contributed by atoms with Crippen molar-refractivity contribution in [2.24, 2.45) is 0 Å². The first-order valence-electron chi connectivity index (χ1n) is 9.10. The van der Waals surface area contributed by atoms with E-state index in [1.807, 2.05) is 0 Å². The molecule has 2 fully saturated rings. The lowest BCUT2D eigenvalue weighted by Crippen LogP contribution is -2.42. The van der Waals surface area contributed by atoms with Crippen LogP contribution in [0.5, 0.6) is 5.75 Å². The Morgan fingerprint density at radius 3 is 2.60 bits per heavy atom. The Labute approximate surface area is 170 Å². The average Bonchev–Trinajstić information content (AvgIpc) is 3.14. The molecule has 1 aromatic heterocycles. The standard InChI is InChI=1S/C18H20FN2O8P/c1-17(2)26-13-14(27-17)18(19,10-25-30(24)29-11-6-4-3-5-7-11)28-15(13)21-9-8-12(22)20-16(21)23/h3-9,13-15,30H,10H2,1-2H3,(H,20,22,23)/t13?,14?,15-,18-/m1/s1. The van der Waals surface area contributed by atoms with Crippen molar-refractivity contribution in [1.29, 1.82) is 0 Å². The van der Waals surface area contributed by atoms with E-state index in [2.05, 4.69) is 4.98 Å². The number of benzene rings is 1. The van der Waals surface area contributed by atoms with Crippen LogP contribution in [0.25, 0.3) is 0 Å². The van der Waals surface area contributed by atoms with Crippen LogP contribution >= 0.6 is 8.25 Å². The summed E-state index contributed by atoms with van der Waals surface area (Å²) in [5.74, 6) is -3.44. The Morgan fingerprint density at radius 1 is 1.17 bits per heavy atom. The molecule has 4 rings (SSSR count). The zero-order valence-electron chi connectivity index (χ0n) is 16.1. The molecule has 0 saturated carbocycles. The Hall–Kier alpha value is -2.30. The van der Waals surface area contributed by atoms with Gasteiger partial charge in [0.2, 0.25) is 0 Å². The highest BCUT2D eigenvalue weighted by molar-refractivity contribution is 7.33. The fourth-order valence-corrected chi connectivity index (χ4v) is 4.10. The van der Waals surface area contributed by atoms with Gasteiger partial charge in [-0.2, -0.15) is 0 Å². The van der Waals surface area contributed by atoms with E-state index in [-0.39, 0.29) is 0 Å². The van der Waals surface area contributed by atoms with Crippen LogP contribution in [-0.2, 0) is 23.3 Å². The minimum Gasteiger partial charge on any atom is -0.426 e. The Balaban J connectivity index is 1.54. The molecule has 12 heteroatoms. The van der Waals surface area contributed by atoms with Crippen LogP contribution in [0.15, 0.2) is 52.2 Å². The van der Waals surface area contributed by atoms with Crippen molar-refractivity contribution in [2.45, 2.75) is 43.9 Å². The number of para-hydroxylation sites is 1. The molecule has 2 aliphatic heterocycles. The van der Waals surface area contributed by atoms with Crippen molar-refractivity contribution in [1.82, 2.24) is 9.55 Å². The van der Waals surface area contributed by atoms with Crippen molar-refractivity contribution in [3.8, 4) is 5.75 Å². The molecule has 0 aliphatic carbocycles. The van der Waals surface area contributed by atoms with Crippen molar-refractivity contribution in [2.75, 3.05) is 6.61 Å². The molecule has 10 nitrogen and oxygen atoms in total. The first kappa shape index (κ1) is 21.0. The van der Waals surface area contributed by atoms with Crippen LogP contribution in [0.4, 0.5) is 4.39 Å². The van der Waals surface area contributed by atoms with Gasteiger partial charge in [0, 0.05) is 12.3 Å². The summed E-state index contributed by atoms with van der Waals surface area (Å²) in [5, 5.41) is 0. The van der Waals surface area contributed by atoms with Gasteiger partial charge in [0.1, 0.15) is 18.5 Å². The second kappa shape index (κ2) is 7.75. The lowest BCUT2D eigenvalue weighted by molar-refractivity contribution is -0.263. The van der Waals surface area contributed by atoms with Crippen molar-refractivity contribution >= 4 is 8.25 Å². The highest BCUT2D eigenvalue weighted by atomic mass is 31.1. The van der Waals surface area contributed by atoms with Gasteiger partial charge in [-0.05, 0) is 26.0 Å². The van der Waals surface area contributed by atoms with Gasteiger partial charge >= 0.3 is 13.9 Å². The van der Waals surface area contributed by atoms with E-state index in [1.165, 1.54) is 6.20 Å². The Bertz CT molecular complexity index is 1060. The summed E-state index contributed by atoms with van der Waals surface area (Å²) in [6.07, 6.45) is -2.37. The Kier molecular flexibility index (Phi) is 5.41. The van der Waals surface area contributed by atoms with E-state index in [1.54, 1.807) is 44.2 Å². The van der Waals surface area contributed by atoms with Crippen LogP contribution < -0.4 is 15.8 Å². The monoisotopic (exact) mass is 442 g/mol. The fourth-order valence-electron chi connectivity index (χ4n) is 3.40. The Morgan fingerprint density at radius 2 is 1.90 bits per heavy atom.